The van der Waals surface area contributed by atoms with Crippen molar-refractivity contribution in [3.63, 3.8) is 0 Å². The molecule has 0 spiro atoms. The van der Waals surface area contributed by atoms with E-state index >= 15 is 0 Å². The molecule has 0 bridgehead atoms. The van der Waals surface area contributed by atoms with Gasteiger partial charge < -0.3 is 5.73 Å². The first-order chi connectivity index (χ1) is 6.02. The summed E-state index contributed by atoms with van der Waals surface area (Å²) in [6.07, 6.45) is 4.50. The maximum absolute atomic E-state index is 7.37. The molecule has 0 saturated carbocycles. The average Bonchev–Trinajstić information content (AvgIpc) is 2.52. The predicted molar refractivity (Wildman–Crippen MR) is 52.5 cm³/mol. The molecule has 0 aliphatic heterocycles. The van der Waals surface area contributed by atoms with Crippen LogP contribution in [0.1, 0.15) is 20.3 Å². The van der Waals surface area contributed by atoms with Crippen LogP contribution in [0.2, 0.25) is 0 Å². The van der Waals surface area contributed by atoms with Crippen LogP contribution in [-0.2, 0) is 6.54 Å². The first kappa shape index (κ1) is 9.77. The van der Waals surface area contributed by atoms with E-state index < -0.39 is 0 Å². The van der Waals surface area contributed by atoms with Gasteiger partial charge in [-0.15, -0.1) is 0 Å². The van der Waals surface area contributed by atoms with E-state index in [1.54, 1.807) is 6.20 Å². The molecule has 1 aromatic rings. The van der Waals surface area contributed by atoms with Crippen molar-refractivity contribution in [2.75, 3.05) is 0 Å². The highest BCUT2D eigenvalue weighted by Crippen LogP contribution is 2.20. The average molecular weight is 180 g/mol. The second-order valence-corrected chi connectivity index (χ2v) is 3.82. The van der Waals surface area contributed by atoms with Crippen LogP contribution in [0.15, 0.2) is 18.5 Å². The molecule has 3 N–H and O–H groups in total. The zero-order chi connectivity index (χ0) is 9.90. The van der Waals surface area contributed by atoms with Crippen LogP contribution >= 0.6 is 0 Å². The normalized spacial score (nSPS) is 11.5. The Labute approximate surface area is 78.3 Å². The minimum Gasteiger partial charge on any atom is -0.387 e. The fraction of sp³-hybridized carbons (Fsp3) is 0.556. The molecule has 1 heterocycles. The Hall–Kier alpha value is -1.32. The van der Waals surface area contributed by atoms with Gasteiger partial charge in [0.25, 0.3) is 0 Å². The molecular formula is C9H16N4. The van der Waals surface area contributed by atoms with Crippen molar-refractivity contribution >= 4 is 5.84 Å². The maximum atomic E-state index is 7.37. The van der Waals surface area contributed by atoms with E-state index in [2.05, 4.69) is 5.10 Å². The van der Waals surface area contributed by atoms with Gasteiger partial charge in [0, 0.05) is 24.4 Å². The van der Waals surface area contributed by atoms with Crippen molar-refractivity contribution in [3.05, 3.63) is 18.5 Å². The number of hydrogen-bond acceptors (Lipinski definition) is 2. The van der Waals surface area contributed by atoms with Crippen molar-refractivity contribution in [1.82, 2.24) is 9.78 Å². The van der Waals surface area contributed by atoms with Gasteiger partial charge in [-0.05, 0) is 12.5 Å². The highest BCUT2D eigenvalue weighted by molar-refractivity contribution is 5.82. The second kappa shape index (κ2) is 3.60. The van der Waals surface area contributed by atoms with Crippen molar-refractivity contribution < 1.29 is 0 Å². The number of aryl methyl sites for hydroxylation is 1. The van der Waals surface area contributed by atoms with E-state index in [1.807, 2.05) is 30.8 Å². The Balaban J connectivity index is 2.47. The number of amidine groups is 1. The smallest absolute Gasteiger partial charge is 0.0963 e. The molecule has 0 unspecified atom stereocenters. The molecule has 1 rings (SSSR count). The second-order valence-electron chi connectivity index (χ2n) is 3.82. The van der Waals surface area contributed by atoms with Crippen LogP contribution in [0.4, 0.5) is 0 Å². The molecule has 0 aliphatic rings. The van der Waals surface area contributed by atoms with Gasteiger partial charge in [0.05, 0.1) is 5.84 Å². The fourth-order valence-electron chi connectivity index (χ4n) is 0.961. The maximum Gasteiger partial charge on any atom is 0.0963 e. The zero-order valence-electron chi connectivity index (χ0n) is 8.12. The van der Waals surface area contributed by atoms with Crippen LogP contribution in [-0.4, -0.2) is 15.6 Å². The van der Waals surface area contributed by atoms with Crippen LogP contribution < -0.4 is 5.73 Å². The summed E-state index contributed by atoms with van der Waals surface area (Å²) in [7, 11) is 0. The van der Waals surface area contributed by atoms with Gasteiger partial charge >= 0.3 is 0 Å². The quantitative estimate of drug-likeness (QED) is 0.540. The summed E-state index contributed by atoms with van der Waals surface area (Å²) < 4.78 is 1.85. The Morgan fingerprint density at radius 3 is 2.77 bits per heavy atom. The van der Waals surface area contributed by atoms with E-state index in [-0.39, 0.29) is 11.3 Å². The molecule has 0 aromatic carbocycles. The molecule has 1 aromatic heterocycles. The van der Waals surface area contributed by atoms with Crippen LogP contribution in [0.5, 0.6) is 0 Å². The summed E-state index contributed by atoms with van der Waals surface area (Å²) in [6.45, 7) is 4.75. The molecule has 4 heteroatoms. The third kappa shape index (κ3) is 2.57. The first-order valence-electron chi connectivity index (χ1n) is 4.34. The Bertz CT molecular complexity index is 274. The lowest BCUT2D eigenvalue weighted by molar-refractivity contribution is 0.411. The number of rotatable bonds is 4. The minimum atomic E-state index is -0.230. The zero-order valence-corrected chi connectivity index (χ0v) is 8.12. The highest BCUT2D eigenvalue weighted by atomic mass is 15.3. The molecule has 0 radical (unpaired) electrons. The van der Waals surface area contributed by atoms with Gasteiger partial charge in [0.2, 0.25) is 0 Å². The van der Waals surface area contributed by atoms with Crippen molar-refractivity contribution in [1.29, 1.82) is 5.41 Å². The summed E-state index contributed by atoms with van der Waals surface area (Å²) in [5.41, 5.74) is 5.23. The number of nitrogens with zero attached hydrogens (tertiary/aromatic N) is 2. The molecule has 0 saturated heterocycles. The molecular weight excluding hydrogens is 164 g/mol. The van der Waals surface area contributed by atoms with Crippen LogP contribution in [0.25, 0.3) is 0 Å². The summed E-state index contributed by atoms with van der Waals surface area (Å²) in [4.78, 5) is 0. The van der Waals surface area contributed by atoms with Crippen molar-refractivity contribution in [2.45, 2.75) is 26.8 Å². The number of nitrogens with one attached hydrogen (secondary N) is 1. The standard InChI is InChI=1S/C9H16N4/c1-9(2,8(10)11)4-7-13-6-3-5-12-13/h3,5-6H,4,7H2,1-2H3,(H3,10,11). The lowest BCUT2D eigenvalue weighted by Crippen LogP contribution is -2.31. The van der Waals surface area contributed by atoms with Gasteiger partial charge in [-0.3, -0.25) is 10.1 Å². The van der Waals surface area contributed by atoms with Gasteiger partial charge in [-0.2, -0.15) is 5.10 Å². The van der Waals surface area contributed by atoms with E-state index in [0.717, 1.165) is 13.0 Å². The third-order valence-corrected chi connectivity index (χ3v) is 2.25. The van der Waals surface area contributed by atoms with Gasteiger partial charge in [-0.25, -0.2) is 0 Å². The summed E-state index contributed by atoms with van der Waals surface area (Å²) >= 11 is 0. The summed E-state index contributed by atoms with van der Waals surface area (Å²) in [5, 5.41) is 11.5. The van der Waals surface area contributed by atoms with E-state index in [1.165, 1.54) is 0 Å². The molecule has 0 fully saturated rings. The number of hydrogen-bond donors (Lipinski definition) is 2. The van der Waals surface area contributed by atoms with Gasteiger partial charge in [0.1, 0.15) is 0 Å². The Morgan fingerprint density at radius 2 is 2.31 bits per heavy atom. The summed E-state index contributed by atoms with van der Waals surface area (Å²) in [6, 6.07) is 1.89. The monoisotopic (exact) mass is 180 g/mol. The number of aromatic nitrogens is 2. The minimum absolute atomic E-state index is 0.230. The number of nitrogens with two attached hydrogens (primary N) is 1. The molecule has 0 aliphatic carbocycles. The largest absolute Gasteiger partial charge is 0.387 e. The molecule has 0 atom stereocenters. The predicted octanol–water partition coefficient (Wildman–Crippen LogP) is 1.24. The van der Waals surface area contributed by atoms with Crippen LogP contribution in [0.3, 0.4) is 0 Å². The van der Waals surface area contributed by atoms with E-state index in [4.69, 9.17) is 11.1 Å². The van der Waals surface area contributed by atoms with Crippen molar-refractivity contribution in [2.24, 2.45) is 11.1 Å². The van der Waals surface area contributed by atoms with E-state index in [9.17, 15) is 0 Å². The summed E-state index contributed by atoms with van der Waals surface area (Å²) in [5.74, 6) is 0.236. The topological polar surface area (TPSA) is 67.7 Å². The molecule has 72 valence electrons. The molecule has 0 amide bonds. The Kier molecular flexibility index (Phi) is 2.70. The van der Waals surface area contributed by atoms with E-state index in [0.29, 0.717) is 0 Å². The molecule has 4 nitrogen and oxygen atoms in total. The molecule has 13 heavy (non-hydrogen) atoms. The van der Waals surface area contributed by atoms with Crippen molar-refractivity contribution in [3.8, 4) is 0 Å². The first-order valence-corrected chi connectivity index (χ1v) is 4.34. The third-order valence-electron chi connectivity index (χ3n) is 2.25. The lowest BCUT2D eigenvalue weighted by Gasteiger charge is -2.22. The lowest BCUT2D eigenvalue weighted by atomic mass is 9.88. The highest BCUT2D eigenvalue weighted by Gasteiger charge is 2.21. The van der Waals surface area contributed by atoms with Crippen LogP contribution in [0, 0.1) is 10.8 Å². The fourth-order valence-corrected chi connectivity index (χ4v) is 0.961. The van der Waals surface area contributed by atoms with Gasteiger partial charge in [0.15, 0.2) is 0 Å². The van der Waals surface area contributed by atoms with Gasteiger partial charge in [-0.1, -0.05) is 13.8 Å². The Morgan fingerprint density at radius 1 is 1.62 bits per heavy atom. The SMILES string of the molecule is CC(C)(CCn1cccn1)C(=N)N.